The summed E-state index contributed by atoms with van der Waals surface area (Å²) < 4.78 is 5.27. The number of thioether (sulfide) groups is 1. The number of esters is 1. The summed E-state index contributed by atoms with van der Waals surface area (Å²) in [7, 11) is 0. The van der Waals surface area contributed by atoms with Crippen LogP contribution in [0.4, 0.5) is 5.69 Å². The Bertz CT molecular complexity index is 775. The van der Waals surface area contributed by atoms with Crippen LogP contribution in [0.3, 0.4) is 0 Å². The van der Waals surface area contributed by atoms with Crippen molar-refractivity contribution in [2.45, 2.75) is 11.5 Å². The van der Waals surface area contributed by atoms with Gasteiger partial charge in [-0.25, -0.2) is 4.79 Å². The molecule has 0 atom stereocenters. The maximum absolute atomic E-state index is 12.2. The predicted octanol–water partition coefficient (Wildman–Crippen LogP) is 4.39. The molecule has 23 heavy (non-hydrogen) atoms. The summed E-state index contributed by atoms with van der Waals surface area (Å²) in [6.07, 6.45) is 0. The monoisotopic (exact) mass is 367 g/mol. The van der Waals surface area contributed by atoms with E-state index in [-0.39, 0.29) is 12.5 Å². The standard InChI is InChI=1S/C16H11Cl2NO3S/c17-11-2-1-3-12(18)10(11)7-22-16(21)9-4-5-14-13(6-9)19-15(20)8-23-14/h1-6H,7-8H2,(H,19,20). The van der Waals surface area contributed by atoms with Crippen LogP contribution in [0.2, 0.25) is 10.0 Å². The van der Waals surface area contributed by atoms with Gasteiger partial charge < -0.3 is 10.1 Å². The van der Waals surface area contributed by atoms with Gasteiger partial charge >= 0.3 is 5.97 Å². The van der Waals surface area contributed by atoms with E-state index in [4.69, 9.17) is 27.9 Å². The van der Waals surface area contributed by atoms with Crippen LogP contribution in [0.25, 0.3) is 0 Å². The topological polar surface area (TPSA) is 55.4 Å². The van der Waals surface area contributed by atoms with E-state index in [0.717, 1.165) is 4.90 Å². The van der Waals surface area contributed by atoms with Crippen molar-refractivity contribution in [3.05, 3.63) is 57.6 Å². The zero-order valence-corrected chi connectivity index (χ0v) is 14.1. The first-order valence-corrected chi connectivity index (χ1v) is 8.45. The molecule has 118 valence electrons. The average molecular weight is 368 g/mol. The number of carbonyl (C=O) groups is 2. The lowest BCUT2D eigenvalue weighted by Crippen LogP contribution is -2.19. The quantitative estimate of drug-likeness (QED) is 0.817. The smallest absolute Gasteiger partial charge is 0.338 e. The Morgan fingerprint density at radius 2 is 1.96 bits per heavy atom. The van der Waals surface area contributed by atoms with Crippen molar-refractivity contribution in [1.82, 2.24) is 0 Å². The molecule has 0 bridgehead atoms. The molecule has 0 radical (unpaired) electrons. The van der Waals surface area contributed by atoms with Crippen LogP contribution in [-0.2, 0) is 16.1 Å². The summed E-state index contributed by atoms with van der Waals surface area (Å²) >= 11 is 13.5. The molecule has 3 rings (SSSR count). The fraction of sp³-hybridized carbons (Fsp3) is 0.125. The minimum atomic E-state index is -0.506. The second kappa shape index (κ2) is 6.83. The number of anilines is 1. The molecule has 0 aromatic heterocycles. The molecule has 0 aliphatic carbocycles. The lowest BCUT2D eigenvalue weighted by molar-refractivity contribution is -0.113. The molecule has 2 aromatic rings. The molecule has 1 N–H and O–H groups in total. The summed E-state index contributed by atoms with van der Waals surface area (Å²) in [6, 6.07) is 10.2. The lowest BCUT2D eigenvalue weighted by atomic mass is 10.2. The van der Waals surface area contributed by atoms with Crippen LogP contribution >= 0.6 is 35.0 Å². The van der Waals surface area contributed by atoms with E-state index in [0.29, 0.717) is 32.6 Å². The van der Waals surface area contributed by atoms with Crippen LogP contribution in [0.1, 0.15) is 15.9 Å². The van der Waals surface area contributed by atoms with Gasteiger partial charge in [0.15, 0.2) is 0 Å². The van der Waals surface area contributed by atoms with Crippen molar-refractivity contribution >= 4 is 52.5 Å². The van der Waals surface area contributed by atoms with Gasteiger partial charge in [0.25, 0.3) is 0 Å². The first-order chi connectivity index (χ1) is 11.0. The number of rotatable bonds is 3. The Kier molecular flexibility index (Phi) is 4.80. The van der Waals surface area contributed by atoms with Crippen LogP contribution in [0.5, 0.6) is 0 Å². The summed E-state index contributed by atoms with van der Waals surface area (Å²) in [5.41, 5.74) is 1.54. The van der Waals surface area contributed by atoms with Gasteiger partial charge in [0.05, 0.1) is 17.0 Å². The highest BCUT2D eigenvalue weighted by Crippen LogP contribution is 2.32. The summed E-state index contributed by atoms with van der Waals surface area (Å²) in [5.74, 6) is -0.216. The molecule has 1 heterocycles. The molecule has 0 fully saturated rings. The molecule has 7 heteroatoms. The van der Waals surface area contributed by atoms with Gasteiger partial charge in [-0.05, 0) is 30.3 Å². The van der Waals surface area contributed by atoms with Crippen molar-refractivity contribution in [2.75, 3.05) is 11.1 Å². The molecule has 0 saturated carbocycles. The molecule has 0 unspecified atom stereocenters. The number of amides is 1. The fourth-order valence-corrected chi connectivity index (χ4v) is 3.40. The van der Waals surface area contributed by atoms with Crippen molar-refractivity contribution in [2.24, 2.45) is 0 Å². The first-order valence-electron chi connectivity index (χ1n) is 6.71. The van der Waals surface area contributed by atoms with Gasteiger partial charge in [-0.1, -0.05) is 29.3 Å². The first kappa shape index (κ1) is 16.2. The summed E-state index contributed by atoms with van der Waals surface area (Å²) in [6.45, 7) is -0.0183. The second-order valence-electron chi connectivity index (χ2n) is 4.82. The summed E-state index contributed by atoms with van der Waals surface area (Å²) in [4.78, 5) is 24.5. The predicted molar refractivity (Wildman–Crippen MR) is 91.4 cm³/mol. The highest BCUT2D eigenvalue weighted by atomic mass is 35.5. The van der Waals surface area contributed by atoms with E-state index in [9.17, 15) is 9.59 Å². The minimum absolute atomic E-state index is 0.0183. The zero-order valence-electron chi connectivity index (χ0n) is 11.8. The van der Waals surface area contributed by atoms with Crippen molar-refractivity contribution in [3.63, 3.8) is 0 Å². The van der Waals surface area contributed by atoms with E-state index < -0.39 is 5.97 Å². The Morgan fingerprint density at radius 1 is 1.22 bits per heavy atom. The van der Waals surface area contributed by atoms with Crippen LogP contribution in [0, 0.1) is 0 Å². The lowest BCUT2D eigenvalue weighted by Gasteiger charge is -2.16. The maximum atomic E-state index is 12.2. The van der Waals surface area contributed by atoms with Crippen LogP contribution in [0.15, 0.2) is 41.3 Å². The molecule has 1 aliphatic rings. The van der Waals surface area contributed by atoms with E-state index in [1.807, 2.05) is 0 Å². The molecule has 4 nitrogen and oxygen atoms in total. The van der Waals surface area contributed by atoms with Gasteiger partial charge in [-0.15, -0.1) is 11.8 Å². The van der Waals surface area contributed by atoms with Crippen LogP contribution in [-0.4, -0.2) is 17.6 Å². The van der Waals surface area contributed by atoms with Gasteiger partial charge in [0.2, 0.25) is 5.91 Å². The molecule has 0 saturated heterocycles. The normalized spacial score (nSPS) is 13.2. The van der Waals surface area contributed by atoms with Crippen molar-refractivity contribution in [3.8, 4) is 0 Å². The zero-order chi connectivity index (χ0) is 16.4. The van der Waals surface area contributed by atoms with E-state index in [1.54, 1.807) is 36.4 Å². The highest BCUT2D eigenvalue weighted by Gasteiger charge is 2.18. The number of nitrogens with one attached hydrogen (secondary N) is 1. The molecule has 2 aromatic carbocycles. The van der Waals surface area contributed by atoms with Gasteiger partial charge in [-0.3, -0.25) is 4.79 Å². The van der Waals surface area contributed by atoms with Crippen molar-refractivity contribution in [1.29, 1.82) is 0 Å². The largest absolute Gasteiger partial charge is 0.457 e. The Morgan fingerprint density at radius 3 is 2.70 bits per heavy atom. The Labute approximate surface area is 147 Å². The number of hydrogen-bond donors (Lipinski definition) is 1. The number of carbonyl (C=O) groups excluding carboxylic acids is 2. The molecular weight excluding hydrogens is 357 g/mol. The van der Waals surface area contributed by atoms with Crippen molar-refractivity contribution < 1.29 is 14.3 Å². The van der Waals surface area contributed by atoms with Gasteiger partial charge in [-0.2, -0.15) is 0 Å². The molecular formula is C16H11Cl2NO3S. The maximum Gasteiger partial charge on any atom is 0.338 e. The second-order valence-corrected chi connectivity index (χ2v) is 6.66. The third kappa shape index (κ3) is 3.63. The number of halogens is 2. The molecule has 1 amide bonds. The third-order valence-corrected chi connectivity index (χ3v) is 5.04. The van der Waals surface area contributed by atoms with E-state index in [1.165, 1.54) is 11.8 Å². The summed E-state index contributed by atoms with van der Waals surface area (Å²) in [5, 5.41) is 3.63. The van der Waals surface area contributed by atoms with Crippen LogP contribution < -0.4 is 5.32 Å². The Balaban J connectivity index is 1.74. The number of benzene rings is 2. The van der Waals surface area contributed by atoms with Gasteiger partial charge in [0.1, 0.15) is 6.61 Å². The fourth-order valence-electron chi connectivity index (χ4n) is 2.10. The molecule has 0 spiro atoms. The number of ether oxygens (including phenoxy) is 1. The number of fused-ring (bicyclic) bond motifs is 1. The average Bonchev–Trinajstić information content (AvgIpc) is 2.53. The van der Waals surface area contributed by atoms with E-state index in [2.05, 4.69) is 5.32 Å². The third-order valence-electron chi connectivity index (χ3n) is 3.26. The van der Waals surface area contributed by atoms with E-state index >= 15 is 0 Å². The molecule has 1 aliphatic heterocycles. The Hall–Kier alpha value is -1.69. The number of hydrogen-bond acceptors (Lipinski definition) is 4. The highest BCUT2D eigenvalue weighted by molar-refractivity contribution is 8.00. The minimum Gasteiger partial charge on any atom is -0.457 e. The van der Waals surface area contributed by atoms with Gasteiger partial charge in [0, 0.05) is 20.5 Å². The SMILES string of the molecule is O=C1CSc2ccc(C(=O)OCc3c(Cl)cccc3Cl)cc2N1.